The fourth-order valence-electron chi connectivity index (χ4n) is 1.79. The van der Waals surface area contributed by atoms with Gasteiger partial charge in [0.05, 0.1) is 0 Å². The van der Waals surface area contributed by atoms with Gasteiger partial charge in [0.2, 0.25) is 0 Å². The summed E-state index contributed by atoms with van der Waals surface area (Å²) in [4.78, 5) is 23.8. The molecule has 0 aliphatic rings. The first kappa shape index (κ1) is 18.3. The van der Waals surface area contributed by atoms with Gasteiger partial charge in [0.25, 0.3) is 0 Å². The van der Waals surface area contributed by atoms with Gasteiger partial charge in [-0.15, -0.1) is 0 Å². The molecule has 21 heavy (non-hydrogen) atoms. The summed E-state index contributed by atoms with van der Waals surface area (Å²) in [5.74, 6) is -0.325. The van der Waals surface area contributed by atoms with Gasteiger partial charge in [0.15, 0.2) is 0 Å². The van der Waals surface area contributed by atoms with Crippen molar-refractivity contribution in [1.29, 1.82) is 0 Å². The van der Waals surface area contributed by atoms with E-state index < -0.39 is 24.0 Å². The van der Waals surface area contributed by atoms with Gasteiger partial charge in [-0.1, -0.05) is 0 Å². The van der Waals surface area contributed by atoms with Crippen LogP contribution >= 0.6 is 0 Å². The molecule has 1 aromatic rings. The van der Waals surface area contributed by atoms with E-state index in [1.165, 1.54) is 0 Å². The van der Waals surface area contributed by atoms with Crippen molar-refractivity contribution in [3.8, 4) is 0 Å². The Labute approximate surface area is 132 Å². The van der Waals surface area contributed by atoms with Crippen molar-refractivity contribution in [2.75, 3.05) is 5.32 Å². The Morgan fingerprint density at radius 1 is 1.29 bits per heavy atom. The van der Waals surface area contributed by atoms with Gasteiger partial charge < -0.3 is 0 Å². The third-order valence-corrected chi connectivity index (χ3v) is 7.90. The van der Waals surface area contributed by atoms with Crippen LogP contribution in [0.15, 0.2) is 12.3 Å². The summed E-state index contributed by atoms with van der Waals surface area (Å²) in [6.07, 6.45) is 1.66. The first-order valence-electron chi connectivity index (χ1n) is 7.40. The van der Waals surface area contributed by atoms with Crippen molar-refractivity contribution in [1.82, 2.24) is 4.98 Å². The second-order valence-electron chi connectivity index (χ2n) is 7.67. The molecule has 0 bridgehead atoms. The van der Waals surface area contributed by atoms with E-state index in [9.17, 15) is 4.79 Å². The molecule has 1 aromatic heterocycles. The topological polar surface area (TPSA) is 51.2 Å². The van der Waals surface area contributed by atoms with Gasteiger partial charge >= 0.3 is 132 Å². The van der Waals surface area contributed by atoms with E-state index in [2.05, 4.69) is 39.0 Å². The third kappa shape index (κ3) is 5.85. The van der Waals surface area contributed by atoms with Crippen LogP contribution in [0, 0.1) is 0 Å². The van der Waals surface area contributed by atoms with Crippen molar-refractivity contribution in [2.45, 2.75) is 61.1 Å². The summed E-state index contributed by atoms with van der Waals surface area (Å²) in [6, 6.07) is 2.28. The average molecular weight is 399 g/mol. The predicted molar refractivity (Wildman–Crippen MR) is 91.1 cm³/mol. The predicted octanol–water partition coefficient (Wildman–Crippen LogP) is 3.40. The normalized spacial score (nSPS) is 12.4. The summed E-state index contributed by atoms with van der Waals surface area (Å²) < 4.78 is 6.62. The number of hydrogen-bond donors (Lipinski definition) is 1. The molecule has 0 saturated carbocycles. The number of aromatic nitrogens is 1. The van der Waals surface area contributed by atoms with Gasteiger partial charge in [0, 0.05) is 0 Å². The van der Waals surface area contributed by atoms with Crippen molar-refractivity contribution in [3.63, 3.8) is 0 Å². The Morgan fingerprint density at radius 3 is 2.29 bits per heavy atom. The van der Waals surface area contributed by atoms with E-state index in [0.29, 0.717) is 5.56 Å². The number of carbonyl (C=O) groups is 1. The third-order valence-electron chi connectivity index (χ3n) is 2.74. The molecule has 0 aliphatic heterocycles. The first-order chi connectivity index (χ1) is 9.40. The maximum absolute atomic E-state index is 12.3. The molecule has 0 amide bonds. The molecule has 0 atom stereocenters. The number of pyridine rings is 1. The van der Waals surface area contributed by atoms with Crippen LogP contribution in [0.1, 0.15) is 45.0 Å². The molecule has 0 unspecified atom stereocenters. The average Bonchev–Trinajstić information content (AvgIpc) is 2.24. The van der Waals surface area contributed by atoms with Crippen LogP contribution in [0.2, 0.25) is 14.8 Å². The summed E-state index contributed by atoms with van der Waals surface area (Å²) in [7, 11) is 0. The number of nitrogens with one attached hydrogen (secondary N) is 1. The molecule has 1 N–H and O–H groups in total. The second-order valence-corrected chi connectivity index (χ2v) is 22.0. The molecule has 4 nitrogen and oxygen atoms in total. The monoisotopic (exact) mass is 400 g/mol. The number of rotatable bonds is 4. The SMILES string of the molecule is CC(C)Nc1c[c]([Sn]([CH3])([CH3])[CH3])ncc1C(=O)OC(C)(C)C. The van der Waals surface area contributed by atoms with Crippen molar-refractivity contribution >= 4 is 33.7 Å². The minimum atomic E-state index is -2.27. The zero-order valence-corrected chi connectivity index (χ0v) is 17.3. The maximum atomic E-state index is 12.3. The van der Waals surface area contributed by atoms with E-state index in [1.807, 2.05) is 26.8 Å². The molecule has 0 spiro atoms. The summed E-state index contributed by atoms with van der Waals surface area (Å²) in [5.41, 5.74) is 0.836. The van der Waals surface area contributed by atoms with E-state index in [-0.39, 0.29) is 12.0 Å². The Kier molecular flexibility index (Phi) is 5.69. The molecule has 1 heterocycles. The number of hydrogen-bond acceptors (Lipinski definition) is 4. The Morgan fingerprint density at radius 2 is 1.86 bits per heavy atom. The summed E-state index contributed by atoms with van der Waals surface area (Å²) in [5, 5.41) is 3.35. The fourth-order valence-corrected chi connectivity index (χ4v) is 4.73. The van der Waals surface area contributed by atoms with Crippen LogP contribution in [0.4, 0.5) is 5.69 Å². The molecule has 0 aromatic carbocycles. The quantitative estimate of drug-likeness (QED) is 0.623. The molecule has 0 aliphatic carbocycles. The van der Waals surface area contributed by atoms with Crippen LogP contribution in [0.5, 0.6) is 0 Å². The minimum absolute atomic E-state index is 0.247. The molecular weight excluding hydrogens is 371 g/mol. The number of nitrogens with zero attached hydrogens (tertiary/aromatic N) is 1. The van der Waals surface area contributed by atoms with Crippen molar-refractivity contribution in [3.05, 3.63) is 17.8 Å². The van der Waals surface area contributed by atoms with Crippen LogP contribution < -0.4 is 9.03 Å². The van der Waals surface area contributed by atoms with E-state index in [1.54, 1.807) is 6.20 Å². The molecule has 0 fully saturated rings. The summed E-state index contributed by atoms with van der Waals surface area (Å²) in [6.45, 7) is 9.72. The van der Waals surface area contributed by atoms with Gasteiger partial charge in [-0.25, -0.2) is 0 Å². The van der Waals surface area contributed by atoms with E-state index in [0.717, 1.165) is 9.40 Å². The van der Waals surface area contributed by atoms with Gasteiger partial charge in [-0.2, -0.15) is 0 Å². The standard InChI is InChI=1S/C13H19N2O2.3CH3.Sn/c1-9(2)15-11-6-7-14-8-10(11)12(16)17-13(3,4)5;;;;/h6,8-9H,1-5H3,(H,14,15);3*1H3;. The van der Waals surface area contributed by atoms with Crippen LogP contribution in [0.3, 0.4) is 0 Å². The Bertz CT molecular complexity index is 514. The van der Waals surface area contributed by atoms with Crippen LogP contribution in [0.25, 0.3) is 0 Å². The number of ether oxygens (including phenoxy) is 1. The fraction of sp³-hybridized carbons (Fsp3) is 0.625. The number of esters is 1. The molecular formula is C16H28N2O2Sn. The van der Waals surface area contributed by atoms with Crippen LogP contribution in [-0.2, 0) is 4.74 Å². The molecule has 0 radical (unpaired) electrons. The second kappa shape index (κ2) is 6.55. The zero-order valence-electron chi connectivity index (χ0n) is 14.5. The Hall–Kier alpha value is -0.781. The van der Waals surface area contributed by atoms with Crippen LogP contribution in [-0.4, -0.2) is 41.0 Å². The van der Waals surface area contributed by atoms with E-state index in [4.69, 9.17) is 4.74 Å². The van der Waals surface area contributed by atoms with Gasteiger partial charge in [-0.3, -0.25) is 0 Å². The first-order valence-corrected chi connectivity index (χ1v) is 17.4. The Balaban J connectivity index is 3.22. The van der Waals surface area contributed by atoms with Gasteiger partial charge in [-0.05, 0) is 0 Å². The molecule has 1 rings (SSSR count). The molecule has 0 saturated heterocycles. The number of anilines is 1. The van der Waals surface area contributed by atoms with Crippen molar-refractivity contribution in [2.24, 2.45) is 0 Å². The molecule has 118 valence electrons. The summed E-state index contributed by atoms with van der Waals surface area (Å²) >= 11 is -2.27. The van der Waals surface area contributed by atoms with E-state index >= 15 is 0 Å². The zero-order chi connectivity index (χ0) is 16.4. The van der Waals surface area contributed by atoms with Crippen molar-refractivity contribution < 1.29 is 9.53 Å². The van der Waals surface area contributed by atoms with Gasteiger partial charge in [0.1, 0.15) is 0 Å². The molecule has 5 heteroatoms. The number of carbonyl (C=O) groups excluding carboxylic acids is 1.